The number of hydrogen-bond donors (Lipinski definition) is 0. The first kappa shape index (κ1) is 10.7. The van der Waals surface area contributed by atoms with Crippen LogP contribution in [0.4, 0.5) is 0 Å². The Morgan fingerprint density at radius 1 is 1.57 bits per heavy atom. The largest absolute Gasteiger partial charge is 0.460 e. The lowest BCUT2D eigenvalue weighted by Gasteiger charge is -2.08. The summed E-state index contributed by atoms with van der Waals surface area (Å²) in [6, 6.07) is 0. The van der Waals surface area contributed by atoms with Gasteiger partial charge in [-0.2, -0.15) is 0 Å². The normalized spacial score (nSPS) is 21.1. The molecule has 1 aliphatic rings. The summed E-state index contributed by atoms with van der Waals surface area (Å²) in [6.07, 6.45) is 0.410. The number of ether oxygens (including phenoxy) is 1. The number of hydrogen-bond acceptors (Lipinski definition) is 4. The number of carbonyl (C=O) groups is 3. The third-order valence-electron chi connectivity index (χ3n) is 2.22. The molecule has 0 unspecified atom stereocenters. The van der Waals surface area contributed by atoms with Crippen LogP contribution in [0.2, 0.25) is 0 Å². The van der Waals surface area contributed by atoms with Crippen molar-refractivity contribution in [3.8, 4) is 0 Å². The zero-order chi connectivity index (χ0) is 10.7. The summed E-state index contributed by atoms with van der Waals surface area (Å²) in [7, 11) is 1.61. The Labute approximate surface area is 82.0 Å². The molecule has 1 amide bonds. The van der Waals surface area contributed by atoms with Crippen LogP contribution in [0.15, 0.2) is 0 Å². The monoisotopic (exact) mass is 199 g/mol. The number of ketones is 1. The average molecular weight is 199 g/mol. The molecule has 0 aromatic rings. The van der Waals surface area contributed by atoms with Crippen molar-refractivity contribution in [2.75, 3.05) is 20.2 Å². The molecule has 78 valence electrons. The van der Waals surface area contributed by atoms with Gasteiger partial charge in [-0.05, 0) is 13.3 Å². The molecule has 14 heavy (non-hydrogen) atoms. The zero-order valence-electron chi connectivity index (χ0n) is 8.28. The molecule has 5 nitrogen and oxygen atoms in total. The van der Waals surface area contributed by atoms with Gasteiger partial charge in [0.05, 0.1) is 6.61 Å². The maximum atomic E-state index is 11.4. The van der Waals surface area contributed by atoms with Crippen LogP contribution in [0.3, 0.4) is 0 Å². The van der Waals surface area contributed by atoms with Gasteiger partial charge in [0.1, 0.15) is 5.92 Å². The number of Topliss-reactive ketones (excluding diaryl/α,β-unsaturated/α-hetero) is 1. The van der Waals surface area contributed by atoms with Gasteiger partial charge < -0.3 is 9.64 Å². The van der Waals surface area contributed by atoms with Gasteiger partial charge in [-0.1, -0.05) is 0 Å². The molecule has 0 aliphatic carbocycles. The van der Waals surface area contributed by atoms with Gasteiger partial charge in [0, 0.05) is 13.6 Å². The fourth-order valence-corrected chi connectivity index (χ4v) is 1.41. The molecule has 0 bridgehead atoms. The first-order valence-corrected chi connectivity index (χ1v) is 4.53. The Balaban J connectivity index is 2.62. The minimum atomic E-state index is -0.902. The zero-order valence-corrected chi connectivity index (χ0v) is 8.28. The molecule has 1 saturated heterocycles. The van der Waals surface area contributed by atoms with Crippen LogP contribution < -0.4 is 0 Å². The summed E-state index contributed by atoms with van der Waals surface area (Å²) in [4.78, 5) is 35.2. The van der Waals surface area contributed by atoms with Crippen LogP contribution in [0.1, 0.15) is 13.3 Å². The Morgan fingerprint density at radius 2 is 2.21 bits per heavy atom. The Bertz CT molecular complexity index is 274. The van der Waals surface area contributed by atoms with Crippen LogP contribution in [-0.2, 0) is 19.1 Å². The molecule has 1 heterocycles. The number of carbonyl (C=O) groups excluding carboxylic acids is 3. The smallest absolute Gasteiger partial charge is 0.375 e. The standard InChI is InChI=1S/C9H13NO4/c1-3-14-9(13)7(11)6-4-5-10(2)8(6)12/h6H,3-5H2,1-2H3/t6-/m1/s1. The van der Waals surface area contributed by atoms with E-state index in [1.807, 2.05) is 0 Å². The van der Waals surface area contributed by atoms with Crippen LogP contribution >= 0.6 is 0 Å². The highest BCUT2D eigenvalue weighted by atomic mass is 16.5. The van der Waals surface area contributed by atoms with Crippen molar-refractivity contribution in [2.45, 2.75) is 13.3 Å². The second-order valence-electron chi connectivity index (χ2n) is 3.19. The van der Waals surface area contributed by atoms with E-state index >= 15 is 0 Å². The summed E-state index contributed by atoms with van der Waals surface area (Å²) in [5.74, 6) is -2.73. The van der Waals surface area contributed by atoms with E-state index in [1.54, 1.807) is 14.0 Å². The van der Waals surface area contributed by atoms with Crippen molar-refractivity contribution in [1.29, 1.82) is 0 Å². The molecule has 0 N–H and O–H groups in total. The second-order valence-corrected chi connectivity index (χ2v) is 3.19. The highest BCUT2D eigenvalue weighted by molar-refractivity contribution is 6.38. The van der Waals surface area contributed by atoms with Crippen LogP contribution in [0.5, 0.6) is 0 Å². The molecule has 0 radical (unpaired) electrons. The van der Waals surface area contributed by atoms with Crippen LogP contribution in [-0.4, -0.2) is 42.8 Å². The molecular weight excluding hydrogens is 186 g/mol. The minimum Gasteiger partial charge on any atom is -0.460 e. The quantitative estimate of drug-likeness (QED) is 0.352. The SMILES string of the molecule is CCOC(=O)C(=O)[C@H]1CCN(C)C1=O. The molecule has 0 saturated carbocycles. The highest BCUT2D eigenvalue weighted by Gasteiger charge is 2.38. The Kier molecular flexibility index (Phi) is 3.22. The predicted molar refractivity (Wildman–Crippen MR) is 47.4 cm³/mol. The molecule has 1 aliphatic heterocycles. The maximum Gasteiger partial charge on any atom is 0.375 e. The summed E-state index contributed by atoms with van der Waals surface area (Å²) in [5, 5.41) is 0. The van der Waals surface area contributed by atoms with Gasteiger partial charge in [-0.3, -0.25) is 9.59 Å². The Hall–Kier alpha value is -1.39. The third kappa shape index (κ3) is 1.92. The van der Waals surface area contributed by atoms with E-state index in [4.69, 9.17) is 0 Å². The molecular formula is C9H13NO4. The lowest BCUT2D eigenvalue weighted by molar-refractivity contribution is -0.157. The van der Waals surface area contributed by atoms with Gasteiger partial charge in [-0.25, -0.2) is 4.79 Å². The fraction of sp³-hybridized carbons (Fsp3) is 0.667. The van der Waals surface area contributed by atoms with Gasteiger partial charge in [0.15, 0.2) is 0 Å². The first-order valence-electron chi connectivity index (χ1n) is 4.53. The van der Waals surface area contributed by atoms with E-state index in [9.17, 15) is 14.4 Å². The molecule has 1 atom stereocenters. The molecule has 5 heteroatoms. The number of nitrogens with zero attached hydrogens (tertiary/aromatic N) is 1. The second kappa shape index (κ2) is 4.21. The van der Waals surface area contributed by atoms with Crippen molar-refractivity contribution < 1.29 is 19.1 Å². The number of amides is 1. The summed E-state index contributed by atoms with van der Waals surface area (Å²) in [5.41, 5.74) is 0. The van der Waals surface area contributed by atoms with Crippen molar-refractivity contribution in [3.05, 3.63) is 0 Å². The summed E-state index contributed by atoms with van der Waals surface area (Å²) >= 11 is 0. The molecule has 1 rings (SSSR count). The van der Waals surface area contributed by atoms with E-state index in [1.165, 1.54) is 4.90 Å². The van der Waals surface area contributed by atoms with Gasteiger partial charge in [-0.15, -0.1) is 0 Å². The highest BCUT2D eigenvalue weighted by Crippen LogP contribution is 2.17. The number of esters is 1. The number of likely N-dealkylation sites (tertiary alicyclic amines) is 1. The van der Waals surface area contributed by atoms with Crippen molar-refractivity contribution in [1.82, 2.24) is 4.90 Å². The minimum absolute atomic E-state index is 0.154. The molecule has 1 fully saturated rings. The topological polar surface area (TPSA) is 63.7 Å². The van der Waals surface area contributed by atoms with Gasteiger partial charge >= 0.3 is 5.97 Å². The third-order valence-corrected chi connectivity index (χ3v) is 2.22. The van der Waals surface area contributed by atoms with Crippen molar-refractivity contribution in [2.24, 2.45) is 5.92 Å². The average Bonchev–Trinajstić information content (AvgIpc) is 2.47. The van der Waals surface area contributed by atoms with E-state index < -0.39 is 17.7 Å². The predicted octanol–water partition coefficient (Wildman–Crippen LogP) is -0.403. The van der Waals surface area contributed by atoms with Crippen LogP contribution in [0, 0.1) is 5.92 Å². The number of rotatable bonds is 3. The molecule has 0 aromatic carbocycles. The Morgan fingerprint density at radius 3 is 2.64 bits per heavy atom. The van der Waals surface area contributed by atoms with E-state index in [2.05, 4.69) is 4.74 Å². The van der Waals surface area contributed by atoms with Crippen LogP contribution in [0.25, 0.3) is 0 Å². The fourth-order valence-electron chi connectivity index (χ4n) is 1.41. The van der Waals surface area contributed by atoms with E-state index in [-0.39, 0.29) is 12.5 Å². The van der Waals surface area contributed by atoms with Gasteiger partial charge in [0.2, 0.25) is 5.91 Å². The summed E-state index contributed by atoms with van der Waals surface area (Å²) < 4.78 is 4.54. The lowest BCUT2D eigenvalue weighted by atomic mass is 10.0. The van der Waals surface area contributed by atoms with Gasteiger partial charge in [0.25, 0.3) is 5.78 Å². The van der Waals surface area contributed by atoms with E-state index in [0.717, 1.165) is 0 Å². The van der Waals surface area contributed by atoms with E-state index in [0.29, 0.717) is 13.0 Å². The maximum absolute atomic E-state index is 11.4. The van der Waals surface area contributed by atoms with Crippen molar-refractivity contribution in [3.63, 3.8) is 0 Å². The van der Waals surface area contributed by atoms with Crippen molar-refractivity contribution >= 4 is 17.7 Å². The lowest BCUT2D eigenvalue weighted by Crippen LogP contribution is -2.32. The summed E-state index contributed by atoms with van der Waals surface area (Å²) in [6.45, 7) is 2.30. The first-order chi connectivity index (χ1) is 6.57. The molecule has 0 aromatic heterocycles. The molecule has 0 spiro atoms.